The third kappa shape index (κ3) is 4.31. The Balaban J connectivity index is 1.51. The van der Waals surface area contributed by atoms with Gasteiger partial charge in [-0.05, 0) is 59.7 Å². The highest BCUT2D eigenvalue weighted by molar-refractivity contribution is 9.10. The van der Waals surface area contributed by atoms with Crippen molar-refractivity contribution in [3.63, 3.8) is 0 Å². The number of anilines is 1. The molecule has 0 saturated carbocycles. The second kappa shape index (κ2) is 9.06. The number of ether oxygens (including phenoxy) is 1. The predicted octanol–water partition coefficient (Wildman–Crippen LogP) is 7.59. The lowest BCUT2D eigenvalue weighted by atomic mass is 9.98. The molecule has 2 heterocycles. The van der Waals surface area contributed by atoms with Gasteiger partial charge in [0.05, 0.1) is 24.6 Å². The van der Waals surface area contributed by atoms with Crippen LogP contribution in [-0.4, -0.2) is 17.8 Å². The topological polar surface area (TPSA) is 37.7 Å². The minimum absolute atomic E-state index is 0.0735. The number of aromatic nitrogens is 1. The normalized spacial score (nSPS) is 15.7. The molecule has 7 heteroatoms. The van der Waals surface area contributed by atoms with Crippen LogP contribution in [0.5, 0.6) is 5.75 Å². The maximum absolute atomic E-state index is 6.04. The van der Waals surface area contributed by atoms with Gasteiger partial charge in [0.25, 0.3) is 0 Å². The summed E-state index contributed by atoms with van der Waals surface area (Å²) < 4.78 is 6.36. The second-order valence-corrected chi connectivity index (χ2v) is 9.60. The summed E-state index contributed by atoms with van der Waals surface area (Å²) in [6, 6.07) is 24.3. The van der Waals surface area contributed by atoms with E-state index in [1.165, 1.54) is 5.56 Å². The minimum atomic E-state index is 0.0735. The van der Waals surface area contributed by atoms with Crippen molar-refractivity contribution in [3.8, 4) is 17.0 Å². The van der Waals surface area contributed by atoms with Crippen molar-refractivity contribution in [1.29, 1.82) is 0 Å². The predicted molar refractivity (Wildman–Crippen MR) is 136 cm³/mol. The molecule has 0 aliphatic carbocycles. The molecule has 0 fully saturated rings. The van der Waals surface area contributed by atoms with E-state index in [1.807, 2.05) is 41.4 Å². The van der Waals surface area contributed by atoms with Crippen LogP contribution >= 0.6 is 38.9 Å². The summed E-state index contributed by atoms with van der Waals surface area (Å²) in [5.74, 6) is 0.834. The van der Waals surface area contributed by atoms with Crippen LogP contribution < -0.4 is 9.75 Å². The number of rotatable bonds is 5. The molecule has 4 aromatic rings. The zero-order chi connectivity index (χ0) is 22.1. The second-order valence-electron chi connectivity index (χ2n) is 7.41. The third-order valence-electron chi connectivity index (χ3n) is 5.42. The van der Waals surface area contributed by atoms with Gasteiger partial charge in [-0.2, -0.15) is 5.10 Å². The van der Waals surface area contributed by atoms with Crippen LogP contribution in [-0.2, 0) is 0 Å². The van der Waals surface area contributed by atoms with Crippen molar-refractivity contribution >= 4 is 49.7 Å². The number of halogens is 2. The van der Waals surface area contributed by atoms with E-state index in [9.17, 15) is 0 Å². The highest BCUT2D eigenvalue weighted by atomic mass is 79.9. The van der Waals surface area contributed by atoms with E-state index in [2.05, 4.69) is 57.7 Å². The first-order chi connectivity index (χ1) is 15.6. The van der Waals surface area contributed by atoms with Crippen LogP contribution in [0.3, 0.4) is 0 Å². The first-order valence-corrected chi connectivity index (χ1v) is 12.1. The van der Waals surface area contributed by atoms with Crippen molar-refractivity contribution in [3.05, 3.63) is 98.8 Å². The van der Waals surface area contributed by atoms with Gasteiger partial charge in [-0.3, -0.25) is 0 Å². The molecule has 160 valence electrons. The fraction of sp³-hybridized carbons (Fsp3) is 0.120. The van der Waals surface area contributed by atoms with Gasteiger partial charge >= 0.3 is 0 Å². The van der Waals surface area contributed by atoms with Crippen LogP contribution in [0.25, 0.3) is 11.3 Å². The van der Waals surface area contributed by atoms with Crippen molar-refractivity contribution in [1.82, 2.24) is 4.98 Å². The Morgan fingerprint density at radius 2 is 1.66 bits per heavy atom. The van der Waals surface area contributed by atoms with Crippen molar-refractivity contribution < 1.29 is 4.74 Å². The van der Waals surface area contributed by atoms with Gasteiger partial charge in [0, 0.05) is 26.9 Å². The van der Waals surface area contributed by atoms with Crippen molar-refractivity contribution in [2.24, 2.45) is 5.10 Å². The Morgan fingerprint density at radius 3 is 2.34 bits per heavy atom. The van der Waals surface area contributed by atoms with E-state index in [-0.39, 0.29) is 6.04 Å². The molecule has 0 amide bonds. The Kier molecular flexibility index (Phi) is 6.00. The fourth-order valence-corrected chi connectivity index (χ4v) is 4.94. The average molecular weight is 525 g/mol. The van der Waals surface area contributed by atoms with E-state index in [0.717, 1.165) is 44.3 Å². The first-order valence-electron chi connectivity index (χ1n) is 10.1. The van der Waals surface area contributed by atoms with Crippen LogP contribution in [0.4, 0.5) is 5.13 Å². The summed E-state index contributed by atoms with van der Waals surface area (Å²) in [6.07, 6.45) is 0.795. The van der Waals surface area contributed by atoms with Gasteiger partial charge in [0.2, 0.25) is 5.13 Å². The standard InChI is InChI=1S/C25H19BrClN3OS/c1-31-21-12-6-16(7-13-21)22-14-24(18-2-8-19(26)9-3-18)30(29-22)25-28-23(15-32-25)17-4-10-20(27)11-5-17/h2-13,15,24H,14H2,1H3. The lowest BCUT2D eigenvalue weighted by Crippen LogP contribution is -2.18. The average Bonchev–Trinajstić information content (AvgIpc) is 3.48. The number of hydrazone groups is 1. The Hall–Kier alpha value is -2.67. The summed E-state index contributed by atoms with van der Waals surface area (Å²) in [4.78, 5) is 4.91. The molecule has 0 bridgehead atoms. The number of hydrogen-bond donors (Lipinski definition) is 0. The molecule has 0 saturated heterocycles. The van der Waals surface area contributed by atoms with E-state index in [4.69, 9.17) is 26.4 Å². The number of hydrogen-bond acceptors (Lipinski definition) is 5. The molecular formula is C25H19BrClN3OS. The summed E-state index contributed by atoms with van der Waals surface area (Å²) >= 11 is 11.2. The third-order valence-corrected chi connectivity index (χ3v) is 7.03. The van der Waals surface area contributed by atoms with E-state index < -0.39 is 0 Å². The molecule has 5 rings (SSSR count). The lowest BCUT2D eigenvalue weighted by Gasteiger charge is -2.21. The summed E-state index contributed by atoms with van der Waals surface area (Å²) in [6.45, 7) is 0. The Labute approximate surface area is 204 Å². The molecule has 0 N–H and O–H groups in total. The molecule has 0 spiro atoms. The van der Waals surface area contributed by atoms with Gasteiger partial charge in [0.15, 0.2) is 0 Å². The molecule has 1 unspecified atom stereocenters. The first kappa shape index (κ1) is 21.2. The number of methoxy groups -OCH3 is 1. The maximum Gasteiger partial charge on any atom is 0.207 e. The molecule has 1 aromatic heterocycles. The summed E-state index contributed by atoms with van der Waals surface area (Å²) in [5.41, 5.74) is 5.28. The van der Waals surface area contributed by atoms with Crippen LogP contribution in [0.15, 0.2) is 87.8 Å². The molecule has 0 radical (unpaired) electrons. The largest absolute Gasteiger partial charge is 0.497 e. The zero-order valence-corrected chi connectivity index (χ0v) is 20.4. The van der Waals surface area contributed by atoms with Gasteiger partial charge in [0.1, 0.15) is 5.75 Å². The van der Waals surface area contributed by atoms with E-state index in [0.29, 0.717) is 5.02 Å². The van der Waals surface area contributed by atoms with E-state index >= 15 is 0 Å². The van der Waals surface area contributed by atoms with Crippen LogP contribution in [0, 0.1) is 0 Å². The maximum atomic E-state index is 6.04. The van der Waals surface area contributed by atoms with Gasteiger partial charge in [-0.1, -0.05) is 51.8 Å². The Bertz CT molecular complexity index is 1250. The molecule has 1 atom stereocenters. The van der Waals surface area contributed by atoms with Gasteiger partial charge < -0.3 is 4.74 Å². The zero-order valence-electron chi connectivity index (χ0n) is 17.2. The molecule has 4 nitrogen and oxygen atoms in total. The Morgan fingerprint density at radius 1 is 0.969 bits per heavy atom. The SMILES string of the molecule is COc1ccc(C2=NN(c3nc(-c4ccc(Cl)cc4)cs3)C(c3ccc(Br)cc3)C2)cc1. The number of nitrogens with zero attached hydrogens (tertiary/aromatic N) is 3. The van der Waals surface area contributed by atoms with Crippen LogP contribution in [0.1, 0.15) is 23.6 Å². The molecule has 3 aromatic carbocycles. The fourth-order valence-electron chi connectivity index (χ4n) is 3.71. The highest BCUT2D eigenvalue weighted by Crippen LogP contribution is 2.39. The monoisotopic (exact) mass is 523 g/mol. The minimum Gasteiger partial charge on any atom is -0.497 e. The van der Waals surface area contributed by atoms with Crippen molar-refractivity contribution in [2.75, 3.05) is 12.1 Å². The smallest absolute Gasteiger partial charge is 0.207 e. The van der Waals surface area contributed by atoms with Gasteiger partial charge in [-0.25, -0.2) is 9.99 Å². The number of thiazole rings is 1. The summed E-state index contributed by atoms with van der Waals surface area (Å²) in [7, 11) is 1.67. The van der Waals surface area contributed by atoms with Crippen molar-refractivity contribution in [2.45, 2.75) is 12.5 Å². The quantitative estimate of drug-likeness (QED) is 0.270. The summed E-state index contributed by atoms with van der Waals surface area (Å²) in [5, 5.41) is 10.7. The number of benzene rings is 3. The molecule has 32 heavy (non-hydrogen) atoms. The molecule has 1 aliphatic heterocycles. The van der Waals surface area contributed by atoms with Gasteiger partial charge in [-0.15, -0.1) is 11.3 Å². The molecular weight excluding hydrogens is 506 g/mol. The van der Waals surface area contributed by atoms with E-state index in [1.54, 1.807) is 18.4 Å². The van der Waals surface area contributed by atoms with Crippen LogP contribution in [0.2, 0.25) is 5.02 Å². The molecule has 1 aliphatic rings. The highest BCUT2D eigenvalue weighted by Gasteiger charge is 2.31. The lowest BCUT2D eigenvalue weighted by molar-refractivity contribution is 0.415.